The van der Waals surface area contributed by atoms with E-state index in [1.807, 2.05) is 18.2 Å². The molecule has 0 saturated heterocycles. The molecule has 0 aliphatic carbocycles. The maximum Gasteiger partial charge on any atom is 0.257 e. The summed E-state index contributed by atoms with van der Waals surface area (Å²) in [5.74, 6) is 1.33. The van der Waals surface area contributed by atoms with Crippen LogP contribution in [-0.4, -0.2) is 36.2 Å². The van der Waals surface area contributed by atoms with E-state index in [9.17, 15) is 0 Å². The first-order valence-corrected chi connectivity index (χ1v) is 6.78. The summed E-state index contributed by atoms with van der Waals surface area (Å²) in [6.45, 7) is 2.28. The molecule has 1 aromatic heterocycles. The van der Waals surface area contributed by atoms with E-state index in [-0.39, 0.29) is 6.10 Å². The minimum absolute atomic E-state index is 0.0195. The van der Waals surface area contributed by atoms with Gasteiger partial charge in [-0.05, 0) is 24.7 Å². The number of fused-ring (bicyclic) bond motifs is 1. The van der Waals surface area contributed by atoms with E-state index < -0.39 is 0 Å². The van der Waals surface area contributed by atoms with E-state index in [0.717, 1.165) is 18.8 Å². The number of benzene rings is 1. The van der Waals surface area contributed by atoms with Crippen molar-refractivity contribution in [2.75, 3.05) is 20.2 Å². The third-order valence-electron chi connectivity index (χ3n) is 3.25. The van der Waals surface area contributed by atoms with Crippen LogP contribution in [0, 0.1) is 0 Å². The fourth-order valence-electron chi connectivity index (χ4n) is 2.35. The molecule has 0 radical (unpaired) electrons. The Hall–Kier alpha value is -2.07. The van der Waals surface area contributed by atoms with Gasteiger partial charge in [-0.25, -0.2) is 4.98 Å². The third-order valence-corrected chi connectivity index (χ3v) is 3.25. The lowest BCUT2D eigenvalue weighted by atomic mass is 10.2. The van der Waals surface area contributed by atoms with E-state index in [4.69, 9.17) is 9.47 Å². The molecule has 0 bridgehead atoms. The Balaban J connectivity index is 1.57. The molecule has 4 nitrogen and oxygen atoms in total. The van der Waals surface area contributed by atoms with Crippen LogP contribution in [0.4, 0.5) is 0 Å². The number of hydrogen-bond donors (Lipinski definition) is 0. The largest absolute Gasteiger partial charge is 0.484 e. The highest BCUT2D eigenvalue weighted by atomic mass is 16.6. The number of ether oxygens (including phenoxy) is 2. The topological polar surface area (TPSA) is 34.6 Å². The van der Waals surface area contributed by atoms with Crippen LogP contribution in [0.5, 0.6) is 11.6 Å². The highest BCUT2D eigenvalue weighted by Gasteiger charge is 2.22. The minimum atomic E-state index is 0.0195. The zero-order chi connectivity index (χ0) is 13.8. The van der Waals surface area contributed by atoms with Crippen molar-refractivity contribution in [2.45, 2.75) is 12.6 Å². The van der Waals surface area contributed by atoms with E-state index in [0.29, 0.717) is 12.5 Å². The van der Waals surface area contributed by atoms with Gasteiger partial charge in [0.15, 0.2) is 5.75 Å². The monoisotopic (exact) mass is 270 g/mol. The zero-order valence-corrected chi connectivity index (χ0v) is 11.5. The molecule has 104 valence electrons. The number of hydrogen-bond acceptors (Lipinski definition) is 4. The summed E-state index contributed by atoms with van der Waals surface area (Å²) in [5, 5.41) is 0. The van der Waals surface area contributed by atoms with Crippen molar-refractivity contribution in [1.82, 2.24) is 9.88 Å². The van der Waals surface area contributed by atoms with Crippen molar-refractivity contribution < 1.29 is 9.47 Å². The summed E-state index contributed by atoms with van der Waals surface area (Å²) in [4.78, 5) is 6.43. The second kappa shape index (κ2) is 5.92. The van der Waals surface area contributed by atoms with Crippen LogP contribution >= 0.6 is 0 Å². The van der Waals surface area contributed by atoms with Crippen LogP contribution in [-0.2, 0) is 6.54 Å². The third kappa shape index (κ3) is 3.08. The predicted octanol–water partition coefficient (Wildman–Crippen LogP) is 2.35. The Morgan fingerprint density at radius 3 is 2.90 bits per heavy atom. The summed E-state index contributed by atoms with van der Waals surface area (Å²) in [5.41, 5.74) is 1.30. The summed E-state index contributed by atoms with van der Waals surface area (Å²) >= 11 is 0. The van der Waals surface area contributed by atoms with Gasteiger partial charge in [0.05, 0.1) is 0 Å². The molecule has 1 aromatic carbocycles. The lowest BCUT2D eigenvalue weighted by Gasteiger charge is -2.28. The van der Waals surface area contributed by atoms with Gasteiger partial charge in [-0.2, -0.15) is 0 Å². The summed E-state index contributed by atoms with van der Waals surface area (Å²) < 4.78 is 11.5. The number of pyridine rings is 1. The fraction of sp³-hybridized carbons (Fsp3) is 0.312. The molecule has 0 amide bonds. The fourth-order valence-corrected chi connectivity index (χ4v) is 2.35. The molecule has 0 spiro atoms. The Morgan fingerprint density at radius 1 is 1.20 bits per heavy atom. The molecule has 1 unspecified atom stereocenters. The van der Waals surface area contributed by atoms with Crippen LogP contribution in [0.15, 0.2) is 48.7 Å². The van der Waals surface area contributed by atoms with Crippen LogP contribution in [0.2, 0.25) is 0 Å². The van der Waals surface area contributed by atoms with Gasteiger partial charge in [-0.1, -0.05) is 30.3 Å². The van der Waals surface area contributed by atoms with Gasteiger partial charge >= 0.3 is 0 Å². The smallest absolute Gasteiger partial charge is 0.257 e. The number of aromatic nitrogens is 1. The predicted molar refractivity (Wildman–Crippen MR) is 76.9 cm³/mol. The standard InChI is InChI=1S/C16H18N2O2/c1-18(10-13-6-3-2-4-7-13)11-14-12-19-15-8-5-9-17-16(15)20-14/h2-9,14H,10-12H2,1H3. The normalized spacial score (nSPS) is 17.2. The first-order valence-electron chi connectivity index (χ1n) is 6.78. The number of nitrogens with zero attached hydrogens (tertiary/aromatic N) is 2. The van der Waals surface area contributed by atoms with Gasteiger partial charge < -0.3 is 9.47 Å². The molecule has 1 atom stereocenters. The van der Waals surface area contributed by atoms with Gasteiger partial charge in [0.2, 0.25) is 0 Å². The van der Waals surface area contributed by atoms with Crippen molar-refractivity contribution in [1.29, 1.82) is 0 Å². The lowest BCUT2D eigenvalue weighted by Crippen LogP contribution is -2.39. The zero-order valence-electron chi connectivity index (χ0n) is 11.5. The van der Waals surface area contributed by atoms with Crippen LogP contribution in [0.1, 0.15) is 5.56 Å². The minimum Gasteiger partial charge on any atom is -0.484 e. The summed E-state index contributed by atoms with van der Waals surface area (Å²) in [7, 11) is 2.09. The van der Waals surface area contributed by atoms with Gasteiger partial charge in [-0.3, -0.25) is 4.90 Å². The molecule has 2 aromatic rings. The Labute approximate surface area is 119 Å². The maximum absolute atomic E-state index is 5.86. The molecular formula is C16H18N2O2. The van der Waals surface area contributed by atoms with Crippen molar-refractivity contribution in [2.24, 2.45) is 0 Å². The van der Waals surface area contributed by atoms with Crippen molar-refractivity contribution in [3.05, 3.63) is 54.2 Å². The maximum atomic E-state index is 5.86. The molecule has 2 heterocycles. The van der Waals surface area contributed by atoms with Gasteiger partial charge in [0.25, 0.3) is 5.88 Å². The van der Waals surface area contributed by atoms with Crippen LogP contribution < -0.4 is 9.47 Å². The Morgan fingerprint density at radius 2 is 2.05 bits per heavy atom. The average molecular weight is 270 g/mol. The first-order chi connectivity index (χ1) is 9.81. The Kier molecular flexibility index (Phi) is 3.83. The second-order valence-electron chi connectivity index (χ2n) is 5.04. The van der Waals surface area contributed by atoms with E-state index >= 15 is 0 Å². The van der Waals surface area contributed by atoms with Crippen LogP contribution in [0.25, 0.3) is 0 Å². The van der Waals surface area contributed by atoms with Crippen molar-refractivity contribution in [3.8, 4) is 11.6 Å². The molecule has 3 rings (SSSR count). The van der Waals surface area contributed by atoms with E-state index in [2.05, 4.69) is 41.2 Å². The summed E-state index contributed by atoms with van der Waals surface area (Å²) in [6, 6.07) is 14.1. The van der Waals surface area contributed by atoms with E-state index in [1.165, 1.54) is 5.56 Å². The molecule has 0 fully saturated rings. The van der Waals surface area contributed by atoms with Gasteiger partial charge in [0.1, 0.15) is 12.7 Å². The Bertz CT molecular complexity index is 559. The van der Waals surface area contributed by atoms with Crippen molar-refractivity contribution in [3.63, 3.8) is 0 Å². The molecule has 0 saturated carbocycles. The summed E-state index contributed by atoms with van der Waals surface area (Å²) in [6.07, 6.45) is 1.74. The highest BCUT2D eigenvalue weighted by molar-refractivity contribution is 5.34. The SMILES string of the molecule is CN(Cc1ccccc1)CC1COc2cccnc2O1. The molecule has 1 aliphatic rings. The van der Waals surface area contributed by atoms with E-state index in [1.54, 1.807) is 6.20 Å². The second-order valence-corrected chi connectivity index (χ2v) is 5.04. The molecular weight excluding hydrogens is 252 g/mol. The quantitative estimate of drug-likeness (QED) is 0.854. The van der Waals surface area contributed by atoms with Gasteiger partial charge in [0, 0.05) is 19.3 Å². The highest BCUT2D eigenvalue weighted by Crippen LogP contribution is 2.28. The first kappa shape index (κ1) is 12.9. The van der Waals surface area contributed by atoms with Crippen molar-refractivity contribution >= 4 is 0 Å². The molecule has 1 aliphatic heterocycles. The molecule has 4 heteroatoms. The average Bonchev–Trinajstić information content (AvgIpc) is 2.48. The van der Waals surface area contributed by atoms with Crippen LogP contribution in [0.3, 0.4) is 0 Å². The molecule has 0 N–H and O–H groups in total. The lowest BCUT2D eigenvalue weighted by molar-refractivity contribution is 0.0588. The number of likely N-dealkylation sites (N-methyl/N-ethyl adjacent to an activating group) is 1. The molecule has 20 heavy (non-hydrogen) atoms. The van der Waals surface area contributed by atoms with Gasteiger partial charge in [-0.15, -0.1) is 0 Å². The number of rotatable bonds is 4.